The Morgan fingerprint density at radius 1 is 1.14 bits per heavy atom. The summed E-state index contributed by atoms with van der Waals surface area (Å²) in [5.41, 5.74) is 2.36. The number of hydrogen-bond acceptors (Lipinski definition) is 10. The van der Waals surface area contributed by atoms with Gasteiger partial charge in [0.25, 0.3) is 0 Å². The third kappa shape index (κ3) is 5.23. The molecule has 0 unspecified atom stereocenters. The summed E-state index contributed by atoms with van der Waals surface area (Å²) in [7, 11) is 4.67. The van der Waals surface area contributed by atoms with Gasteiger partial charge >= 0.3 is 5.97 Å². The van der Waals surface area contributed by atoms with Crippen molar-refractivity contribution in [3.8, 4) is 11.5 Å². The van der Waals surface area contributed by atoms with Crippen molar-refractivity contribution >= 4 is 28.8 Å². The molecule has 4 rings (SSSR count). The molecular weight excluding hydrogens is 486 g/mol. The molecular formula is C25H31N3O7S. The molecule has 0 saturated carbocycles. The zero-order valence-corrected chi connectivity index (χ0v) is 21.8. The number of rotatable bonds is 9. The second-order valence-electron chi connectivity index (χ2n) is 8.27. The summed E-state index contributed by atoms with van der Waals surface area (Å²) >= 11 is 1.42. The fourth-order valence-electron chi connectivity index (χ4n) is 4.43. The molecule has 0 N–H and O–H groups in total. The van der Waals surface area contributed by atoms with E-state index < -0.39 is 12.0 Å². The predicted molar refractivity (Wildman–Crippen MR) is 135 cm³/mol. The van der Waals surface area contributed by atoms with Crippen molar-refractivity contribution in [1.29, 1.82) is 0 Å². The zero-order valence-electron chi connectivity index (χ0n) is 20.9. The summed E-state index contributed by atoms with van der Waals surface area (Å²) in [5.74, 6) is 0.527. The first-order chi connectivity index (χ1) is 17.5. The van der Waals surface area contributed by atoms with Gasteiger partial charge in [-0.3, -0.25) is 4.79 Å². The second kappa shape index (κ2) is 11.8. The number of esters is 1. The Hall–Kier alpha value is -3.02. The van der Waals surface area contributed by atoms with Gasteiger partial charge < -0.3 is 33.5 Å². The number of nitrogens with zero attached hydrogens (tertiary/aromatic N) is 3. The van der Waals surface area contributed by atoms with Crippen LogP contribution in [0.3, 0.4) is 0 Å². The van der Waals surface area contributed by atoms with Gasteiger partial charge in [0.05, 0.1) is 57.8 Å². The molecule has 0 aliphatic carbocycles. The van der Waals surface area contributed by atoms with Crippen LogP contribution in [0.5, 0.6) is 11.5 Å². The Bertz CT molecular complexity index is 1100. The number of allylic oxidation sites excluding steroid dienone is 1. The molecule has 0 radical (unpaired) electrons. The third-order valence-electron chi connectivity index (χ3n) is 6.17. The van der Waals surface area contributed by atoms with Crippen LogP contribution in [0.2, 0.25) is 0 Å². The van der Waals surface area contributed by atoms with Crippen LogP contribution in [0.25, 0.3) is 0 Å². The maximum atomic E-state index is 13.4. The number of carbonyl (C=O) groups excluding carboxylic acids is 2. The molecule has 1 saturated heterocycles. The lowest BCUT2D eigenvalue weighted by Crippen LogP contribution is -2.42. The number of methoxy groups -OCH3 is 3. The second-order valence-corrected chi connectivity index (χ2v) is 9.11. The van der Waals surface area contributed by atoms with Crippen LogP contribution in [-0.2, 0) is 23.8 Å². The van der Waals surface area contributed by atoms with Crippen molar-refractivity contribution in [3.63, 3.8) is 0 Å². The summed E-state index contributed by atoms with van der Waals surface area (Å²) < 4.78 is 27.2. The highest BCUT2D eigenvalue weighted by molar-refractivity contribution is 8.16. The molecule has 10 nitrogen and oxygen atoms in total. The number of morpholine rings is 1. The van der Waals surface area contributed by atoms with Gasteiger partial charge in [-0.2, -0.15) is 0 Å². The lowest BCUT2D eigenvalue weighted by atomic mass is 9.92. The van der Waals surface area contributed by atoms with Crippen molar-refractivity contribution < 1.29 is 33.3 Å². The first-order valence-corrected chi connectivity index (χ1v) is 12.5. The minimum absolute atomic E-state index is 0.00162. The molecule has 3 aliphatic heterocycles. The minimum atomic E-state index is -0.628. The number of para-hydroxylation sites is 1. The van der Waals surface area contributed by atoms with E-state index >= 15 is 0 Å². The fraction of sp³-hybridized carbons (Fsp3) is 0.480. The van der Waals surface area contributed by atoms with E-state index in [0.29, 0.717) is 59.8 Å². The molecule has 1 aromatic carbocycles. The summed E-state index contributed by atoms with van der Waals surface area (Å²) in [6.07, 6.45) is 0.167. The van der Waals surface area contributed by atoms with Crippen molar-refractivity contribution in [2.45, 2.75) is 19.4 Å². The summed E-state index contributed by atoms with van der Waals surface area (Å²) in [4.78, 5) is 34.9. The average molecular weight is 518 g/mol. The molecule has 1 aromatic rings. The van der Waals surface area contributed by atoms with Crippen LogP contribution in [0.4, 0.5) is 0 Å². The van der Waals surface area contributed by atoms with Crippen molar-refractivity contribution in [2.24, 2.45) is 4.99 Å². The molecule has 0 bridgehead atoms. The molecule has 1 amide bonds. The van der Waals surface area contributed by atoms with Gasteiger partial charge in [0.1, 0.15) is 6.61 Å². The number of benzene rings is 1. The van der Waals surface area contributed by atoms with E-state index in [0.717, 1.165) is 5.70 Å². The van der Waals surface area contributed by atoms with E-state index in [2.05, 4.69) is 0 Å². The van der Waals surface area contributed by atoms with E-state index in [4.69, 9.17) is 28.7 Å². The lowest BCUT2D eigenvalue weighted by molar-refractivity contribution is -0.141. The topological polar surface area (TPSA) is 99.1 Å². The number of aliphatic imine (C=N–C) groups is 1. The molecule has 0 spiro atoms. The highest BCUT2D eigenvalue weighted by Crippen LogP contribution is 2.48. The monoisotopic (exact) mass is 517 g/mol. The fourth-order valence-corrected chi connectivity index (χ4v) is 5.39. The van der Waals surface area contributed by atoms with E-state index in [1.165, 1.54) is 11.8 Å². The predicted octanol–water partition coefficient (Wildman–Crippen LogP) is 2.72. The van der Waals surface area contributed by atoms with Crippen molar-refractivity contribution in [2.75, 3.05) is 60.8 Å². The highest BCUT2D eigenvalue weighted by atomic mass is 32.2. The van der Waals surface area contributed by atoms with Gasteiger partial charge in [0, 0.05) is 31.5 Å². The molecule has 1 fully saturated rings. The molecule has 1 atom stereocenters. The first kappa shape index (κ1) is 26.1. The van der Waals surface area contributed by atoms with Crippen LogP contribution < -0.4 is 9.47 Å². The van der Waals surface area contributed by atoms with E-state index in [1.54, 1.807) is 39.2 Å². The van der Waals surface area contributed by atoms with Crippen LogP contribution in [0.1, 0.15) is 24.9 Å². The third-order valence-corrected chi connectivity index (χ3v) is 7.05. The Morgan fingerprint density at radius 2 is 1.92 bits per heavy atom. The standard InChI is InChI=1S/C25H31N3O7S/c1-16-21(24(30)35-13-12-31-2)22(18-6-5-7-19(32-3)23(18)33-4)28-17(15-36-25(28)26-16)14-20(29)27-8-10-34-11-9-27/h5-7,15,22H,8-14H2,1-4H3/t22-/m1/s1. The van der Waals surface area contributed by atoms with Crippen LogP contribution in [0.15, 0.2) is 45.6 Å². The Labute approximate surface area is 214 Å². The van der Waals surface area contributed by atoms with Gasteiger partial charge in [-0.05, 0) is 18.4 Å². The molecule has 3 aliphatic rings. The quantitative estimate of drug-likeness (QED) is 0.362. The zero-order chi connectivity index (χ0) is 25.7. The van der Waals surface area contributed by atoms with Gasteiger partial charge in [0.2, 0.25) is 5.91 Å². The lowest BCUT2D eigenvalue weighted by Gasteiger charge is -2.37. The largest absolute Gasteiger partial charge is 0.493 e. The van der Waals surface area contributed by atoms with Gasteiger partial charge in [0.15, 0.2) is 16.7 Å². The average Bonchev–Trinajstić information content (AvgIpc) is 3.29. The normalized spacial score (nSPS) is 19.5. The van der Waals surface area contributed by atoms with Crippen LogP contribution in [0, 0.1) is 0 Å². The van der Waals surface area contributed by atoms with Crippen molar-refractivity contribution in [3.05, 3.63) is 46.1 Å². The number of fused-ring (bicyclic) bond motifs is 1. The van der Waals surface area contributed by atoms with E-state index in [-0.39, 0.29) is 25.5 Å². The smallest absolute Gasteiger partial charge is 0.338 e. The molecule has 194 valence electrons. The molecule has 3 heterocycles. The summed E-state index contributed by atoms with van der Waals surface area (Å²) in [6, 6.07) is 4.90. The van der Waals surface area contributed by atoms with Gasteiger partial charge in [-0.25, -0.2) is 9.79 Å². The Balaban J connectivity index is 1.74. The molecule has 36 heavy (non-hydrogen) atoms. The van der Waals surface area contributed by atoms with E-state index in [1.807, 2.05) is 22.4 Å². The Kier molecular flexibility index (Phi) is 8.55. The van der Waals surface area contributed by atoms with Gasteiger partial charge in [-0.1, -0.05) is 23.9 Å². The number of hydrogen-bond donors (Lipinski definition) is 0. The number of amides is 1. The minimum Gasteiger partial charge on any atom is -0.493 e. The number of amidine groups is 1. The maximum Gasteiger partial charge on any atom is 0.338 e. The Morgan fingerprint density at radius 3 is 2.61 bits per heavy atom. The number of ether oxygens (including phenoxy) is 5. The first-order valence-electron chi connectivity index (χ1n) is 11.7. The number of thioether (sulfide) groups is 1. The maximum absolute atomic E-state index is 13.4. The van der Waals surface area contributed by atoms with Crippen LogP contribution >= 0.6 is 11.8 Å². The molecule has 11 heteroatoms. The summed E-state index contributed by atoms with van der Waals surface area (Å²) in [6.45, 7) is 4.34. The van der Waals surface area contributed by atoms with Crippen LogP contribution in [-0.4, -0.2) is 87.7 Å². The SMILES string of the molecule is COCCOC(=O)C1=C(C)N=C2SC=C(CC(=O)N3CCOCC3)N2[C@@H]1c1cccc(OC)c1OC. The van der Waals surface area contributed by atoms with Crippen molar-refractivity contribution in [1.82, 2.24) is 9.80 Å². The molecule has 0 aromatic heterocycles. The van der Waals surface area contributed by atoms with E-state index in [9.17, 15) is 9.59 Å². The number of carbonyl (C=O) groups is 2. The van der Waals surface area contributed by atoms with Gasteiger partial charge in [-0.15, -0.1) is 0 Å². The highest BCUT2D eigenvalue weighted by Gasteiger charge is 2.43. The summed E-state index contributed by atoms with van der Waals surface area (Å²) in [5, 5.41) is 2.60.